The molecule has 0 bridgehead atoms. The van der Waals surface area contributed by atoms with Crippen molar-refractivity contribution in [3.63, 3.8) is 0 Å². The van der Waals surface area contributed by atoms with Gasteiger partial charge in [-0.2, -0.15) is 0 Å². The summed E-state index contributed by atoms with van der Waals surface area (Å²) >= 11 is 0. The van der Waals surface area contributed by atoms with Gasteiger partial charge < -0.3 is 19.7 Å². The first-order chi connectivity index (χ1) is 10.2. The van der Waals surface area contributed by atoms with Crippen molar-refractivity contribution in [1.29, 1.82) is 0 Å². The third-order valence-corrected chi connectivity index (χ3v) is 3.51. The second-order valence-electron chi connectivity index (χ2n) is 6.54. The van der Waals surface area contributed by atoms with E-state index in [9.17, 15) is 9.90 Å². The highest BCUT2D eigenvalue weighted by Gasteiger charge is 2.17. The van der Waals surface area contributed by atoms with Gasteiger partial charge in [0.15, 0.2) is 0 Å². The number of aryl methyl sites for hydroxylation is 1. The minimum absolute atomic E-state index is 0.150. The second kappa shape index (κ2) is 8.34. The zero-order valence-electron chi connectivity index (χ0n) is 14.6. The molecule has 0 aliphatic rings. The standard InChI is InChI=1S/C17H30N2O3/c1-11(2)9-22-10-15(20)8-18-17(21)16-7-13(5)19(12(3)4)14(16)6/h7,11-12,15,20H,8-10H2,1-6H3,(H,18,21). The molecule has 0 aliphatic carbocycles. The molecule has 0 aliphatic heterocycles. The summed E-state index contributed by atoms with van der Waals surface area (Å²) in [7, 11) is 0. The van der Waals surface area contributed by atoms with Crippen molar-refractivity contribution < 1.29 is 14.6 Å². The molecular formula is C17H30N2O3. The Hall–Kier alpha value is -1.33. The van der Waals surface area contributed by atoms with E-state index in [-0.39, 0.29) is 19.1 Å². The minimum Gasteiger partial charge on any atom is -0.389 e. The van der Waals surface area contributed by atoms with Crippen LogP contribution in [0.25, 0.3) is 0 Å². The number of aromatic nitrogens is 1. The number of carbonyl (C=O) groups is 1. The monoisotopic (exact) mass is 310 g/mol. The van der Waals surface area contributed by atoms with Gasteiger partial charge in [0.1, 0.15) is 0 Å². The van der Waals surface area contributed by atoms with Crippen LogP contribution in [0.2, 0.25) is 0 Å². The summed E-state index contributed by atoms with van der Waals surface area (Å²) in [4.78, 5) is 12.3. The molecule has 0 saturated heterocycles. The number of aliphatic hydroxyl groups excluding tert-OH is 1. The topological polar surface area (TPSA) is 63.5 Å². The quantitative estimate of drug-likeness (QED) is 0.775. The van der Waals surface area contributed by atoms with Crippen LogP contribution >= 0.6 is 0 Å². The van der Waals surface area contributed by atoms with E-state index in [1.807, 2.05) is 19.9 Å². The van der Waals surface area contributed by atoms with Gasteiger partial charge >= 0.3 is 0 Å². The molecule has 0 saturated carbocycles. The van der Waals surface area contributed by atoms with E-state index in [0.717, 1.165) is 11.4 Å². The van der Waals surface area contributed by atoms with Gasteiger partial charge in [0.2, 0.25) is 0 Å². The lowest BCUT2D eigenvalue weighted by molar-refractivity contribution is 0.0259. The average Bonchev–Trinajstić information content (AvgIpc) is 2.70. The number of rotatable bonds is 8. The minimum atomic E-state index is -0.684. The van der Waals surface area contributed by atoms with Gasteiger partial charge in [-0.15, -0.1) is 0 Å². The Morgan fingerprint density at radius 1 is 1.27 bits per heavy atom. The van der Waals surface area contributed by atoms with Crippen LogP contribution in [-0.4, -0.2) is 41.4 Å². The van der Waals surface area contributed by atoms with E-state index in [2.05, 4.69) is 37.6 Å². The fraction of sp³-hybridized carbons (Fsp3) is 0.706. The van der Waals surface area contributed by atoms with E-state index in [1.54, 1.807) is 0 Å². The third-order valence-electron chi connectivity index (χ3n) is 3.51. The average molecular weight is 310 g/mol. The Balaban J connectivity index is 2.54. The molecule has 5 heteroatoms. The summed E-state index contributed by atoms with van der Waals surface area (Å²) in [5.41, 5.74) is 2.69. The lowest BCUT2D eigenvalue weighted by Crippen LogP contribution is -2.35. The van der Waals surface area contributed by atoms with Crippen LogP contribution < -0.4 is 5.32 Å². The Morgan fingerprint density at radius 3 is 2.41 bits per heavy atom. The molecule has 1 amide bonds. The van der Waals surface area contributed by atoms with Crippen molar-refractivity contribution in [2.24, 2.45) is 5.92 Å². The zero-order chi connectivity index (χ0) is 16.9. The van der Waals surface area contributed by atoms with Crippen molar-refractivity contribution >= 4 is 5.91 Å². The number of nitrogens with zero attached hydrogens (tertiary/aromatic N) is 1. The SMILES string of the molecule is Cc1cc(C(=O)NCC(O)COCC(C)C)c(C)n1C(C)C. The van der Waals surface area contributed by atoms with Crippen LogP contribution in [0.3, 0.4) is 0 Å². The van der Waals surface area contributed by atoms with Crippen LogP contribution in [-0.2, 0) is 4.74 Å². The highest BCUT2D eigenvalue weighted by atomic mass is 16.5. The van der Waals surface area contributed by atoms with Crippen molar-refractivity contribution in [1.82, 2.24) is 9.88 Å². The lowest BCUT2D eigenvalue weighted by Gasteiger charge is -2.15. The Kier molecular flexibility index (Phi) is 7.10. The van der Waals surface area contributed by atoms with E-state index < -0.39 is 6.10 Å². The summed E-state index contributed by atoms with van der Waals surface area (Å²) in [6, 6.07) is 2.21. The molecule has 0 fully saturated rings. The maximum Gasteiger partial charge on any atom is 0.253 e. The summed E-state index contributed by atoms with van der Waals surface area (Å²) in [5, 5.41) is 12.6. The molecule has 0 aromatic carbocycles. The molecular weight excluding hydrogens is 280 g/mol. The molecule has 5 nitrogen and oxygen atoms in total. The molecule has 126 valence electrons. The van der Waals surface area contributed by atoms with Gasteiger partial charge in [0.25, 0.3) is 5.91 Å². The molecule has 1 aromatic rings. The van der Waals surface area contributed by atoms with Crippen molar-refractivity contribution in [2.45, 2.75) is 53.7 Å². The lowest BCUT2D eigenvalue weighted by atomic mass is 10.2. The molecule has 0 radical (unpaired) electrons. The van der Waals surface area contributed by atoms with Crippen molar-refractivity contribution in [3.8, 4) is 0 Å². The molecule has 1 heterocycles. The Morgan fingerprint density at radius 2 is 1.91 bits per heavy atom. The number of carbonyl (C=O) groups excluding carboxylic acids is 1. The van der Waals surface area contributed by atoms with Gasteiger partial charge in [-0.1, -0.05) is 13.8 Å². The Labute approximate surface area is 133 Å². The van der Waals surface area contributed by atoms with Crippen molar-refractivity contribution in [2.75, 3.05) is 19.8 Å². The number of aliphatic hydroxyl groups is 1. The molecule has 1 unspecified atom stereocenters. The Bertz CT molecular complexity index is 492. The van der Waals surface area contributed by atoms with E-state index in [1.165, 1.54) is 0 Å². The van der Waals surface area contributed by atoms with Gasteiger partial charge in [-0.05, 0) is 39.7 Å². The number of hydrogen-bond acceptors (Lipinski definition) is 3. The highest BCUT2D eigenvalue weighted by molar-refractivity contribution is 5.95. The molecule has 2 N–H and O–H groups in total. The van der Waals surface area contributed by atoms with E-state index in [4.69, 9.17) is 4.74 Å². The summed E-state index contributed by atoms with van der Waals surface area (Å²) in [6.45, 7) is 13.3. The van der Waals surface area contributed by atoms with Gasteiger partial charge in [-0.3, -0.25) is 4.79 Å². The summed E-state index contributed by atoms with van der Waals surface area (Å²) in [5.74, 6) is 0.283. The fourth-order valence-corrected chi connectivity index (χ4v) is 2.61. The van der Waals surface area contributed by atoms with E-state index >= 15 is 0 Å². The van der Waals surface area contributed by atoms with Crippen molar-refractivity contribution in [3.05, 3.63) is 23.0 Å². The smallest absolute Gasteiger partial charge is 0.253 e. The summed E-state index contributed by atoms with van der Waals surface area (Å²) < 4.78 is 7.50. The molecule has 1 aromatic heterocycles. The van der Waals surface area contributed by atoms with Gasteiger partial charge in [-0.25, -0.2) is 0 Å². The third kappa shape index (κ3) is 5.14. The number of ether oxygens (including phenoxy) is 1. The van der Waals surface area contributed by atoms with Crippen LogP contribution in [0, 0.1) is 19.8 Å². The maximum absolute atomic E-state index is 12.3. The first kappa shape index (κ1) is 18.7. The van der Waals surface area contributed by atoms with Crippen LogP contribution in [0.15, 0.2) is 6.07 Å². The van der Waals surface area contributed by atoms with Crippen LogP contribution in [0.5, 0.6) is 0 Å². The molecule has 1 rings (SSSR count). The highest BCUT2D eigenvalue weighted by Crippen LogP contribution is 2.19. The molecule has 1 atom stereocenters. The van der Waals surface area contributed by atoms with E-state index in [0.29, 0.717) is 24.1 Å². The van der Waals surface area contributed by atoms with Gasteiger partial charge in [0, 0.05) is 30.6 Å². The van der Waals surface area contributed by atoms with Crippen LogP contribution in [0.1, 0.15) is 55.5 Å². The normalized spacial score (nSPS) is 13.0. The number of nitrogens with one attached hydrogen (secondary N) is 1. The largest absolute Gasteiger partial charge is 0.389 e. The second-order valence-corrected chi connectivity index (χ2v) is 6.54. The summed E-state index contributed by atoms with van der Waals surface area (Å²) in [6.07, 6.45) is -0.684. The van der Waals surface area contributed by atoms with Gasteiger partial charge in [0.05, 0.1) is 18.3 Å². The van der Waals surface area contributed by atoms with Crippen LogP contribution in [0.4, 0.5) is 0 Å². The predicted octanol–water partition coefficient (Wildman–Crippen LogP) is 2.45. The molecule has 0 spiro atoms. The number of amides is 1. The predicted molar refractivity (Wildman–Crippen MR) is 88.3 cm³/mol. The maximum atomic E-state index is 12.3. The fourth-order valence-electron chi connectivity index (χ4n) is 2.61. The molecule has 22 heavy (non-hydrogen) atoms. The first-order valence-electron chi connectivity index (χ1n) is 7.96. The first-order valence-corrected chi connectivity index (χ1v) is 7.96. The number of hydrogen-bond donors (Lipinski definition) is 2. The zero-order valence-corrected chi connectivity index (χ0v) is 14.6.